The van der Waals surface area contributed by atoms with Crippen LogP contribution in [-0.4, -0.2) is 26.1 Å². The van der Waals surface area contributed by atoms with E-state index in [9.17, 15) is 14.9 Å². The molecular formula is C14H10N4O4S. The summed E-state index contributed by atoms with van der Waals surface area (Å²) in [7, 11) is 0. The molecule has 23 heavy (non-hydrogen) atoms. The highest BCUT2D eigenvalue weighted by Gasteiger charge is 2.09. The molecule has 0 radical (unpaired) electrons. The number of fused-ring (bicyclic) bond motifs is 1. The zero-order chi connectivity index (χ0) is 16.4. The van der Waals surface area contributed by atoms with Gasteiger partial charge in [0.2, 0.25) is 0 Å². The molecule has 8 nitrogen and oxygen atoms in total. The molecular weight excluding hydrogens is 320 g/mol. The number of aromatic nitrogens is 3. The van der Waals surface area contributed by atoms with Gasteiger partial charge in [0.15, 0.2) is 10.9 Å². The molecule has 0 spiro atoms. The maximum Gasteiger partial charge on any atom is 0.292 e. The number of thioether (sulfide) groups is 1. The lowest BCUT2D eigenvalue weighted by atomic mass is 10.3. The first-order chi connectivity index (χ1) is 11.1. The van der Waals surface area contributed by atoms with Crippen molar-refractivity contribution in [2.45, 2.75) is 5.16 Å². The van der Waals surface area contributed by atoms with Crippen LogP contribution < -0.4 is 10.3 Å². The van der Waals surface area contributed by atoms with Gasteiger partial charge in [-0.1, -0.05) is 11.8 Å². The van der Waals surface area contributed by atoms with Gasteiger partial charge in [0.25, 0.3) is 11.2 Å². The number of benzene rings is 1. The Balaban J connectivity index is 1.95. The van der Waals surface area contributed by atoms with Crippen molar-refractivity contribution in [1.82, 2.24) is 15.0 Å². The molecule has 0 saturated carbocycles. The standard InChI is InChI=1S/C14H10N4O4S/c1-23-14-15-7-8-6-11(13(19)16-12(8)17-14)22-10-4-2-9(3-5-10)18(20)21/h2-7H,1H3,(H,15,16,17,19). The molecule has 0 saturated heterocycles. The van der Waals surface area contributed by atoms with Crippen LogP contribution in [0.2, 0.25) is 0 Å². The molecule has 0 atom stereocenters. The van der Waals surface area contributed by atoms with Crippen molar-refractivity contribution in [3.05, 3.63) is 57.0 Å². The quantitative estimate of drug-likeness (QED) is 0.339. The van der Waals surface area contributed by atoms with Crippen LogP contribution in [0.15, 0.2) is 46.5 Å². The lowest BCUT2D eigenvalue weighted by Crippen LogP contribution is -2.09. The van der Waals surface area contributed by atoms with Crippen molar-refractivity contribution < 1.29 is 9.66 Å². The lowest BCUT2D eigenvalue weighted by Gasteiger charge is -2.06. The van der Waals surface area contributed by atoms with E-state index in [1.54, 1.807) is 6.20 Å². The molecule has 1 aromatic carbocycles. The summed E-state index contributed by atoms with van der Waals surface area (Å²) >= 11 is 1.37. The Morgan fingerprint density at radius 1 is 1.30 bits per heavy atom. The SMILES string of the molecule is CSc1ncc2cc(Oc3ccc([N+](=O)[O-])cc3)c(=O)[nH]c2n1. The van der Waals surface area contributed by atoms with Crippen LogP contribution in [0.3, 0.4) is 0 Å². The van der Waals surface area contributed by atoms with Crippen molar-refractivity contribution in [2.75, 3.05) is 6.26 Å². The largest absolute Gasteiger partial charge is 0.452 e. The summed E-state index contributed by atoms with van der Waals surface area (Å²) < 4.78 is 5.48. The van der Waals surface area contributed by atoms with Gasteiger partial charge in [-0.3, -0.25) is 14.9 Å². The second-order valence-corrected chi connectivity index (χ2v) is 5.25. The van der Waals surface area contributed by atoms with E-state index in [1.165, 1.54) is 42.1 Å². The first-order valence-electron chi connectivity index (χ1n) is 6.43. The van der Waals surface area contributed by atoms with E-state index in [-0.39, 0.29) is 11.4 Å². The fraction of sp³-hybridized carbons (Fsp3) is 0.0714. The smallest absolute Gasteiger partial charge is 0.292 e. The van der Waals surface area contributed by atoms with Gasteiger partial charge < -0.3 is 9.72 Å². The first kappa shape index (κ1) is 15.0. The maximum absolute atomic E-state index is 12.1. The van der Waals surface area contributed by atoms with Crippen LogP contribution >= 0.6 is 11.8 Å². The number of rotatable bonds is 4. The Bertz CT molecular complexity index is 940. The lowest BCUT2D eigenvalue weighted by molar-refractivity contribution is -0.384. The number of nitro groups is 1. The minimum Gasteiger partial charge on any atom is -0.452 e. The number of ether oxygens (including phenoxy) is 1. The van der Waals surface area contributed by atoms with Gasteiger partial charge in [-0.15, -0.1) is 0 Å². The summed E-state index contributed by atoms with van der Waals surface area (Å²) in [5.41, 5.74) is -0.0743. The zero-order valence-electron chi connectivity index (χ0n) is 11.8. The summed E-state index contributed by atoms with van der Waals surface area (Å²) in [5, 5.41) is 11.8. The predicted molar refractivity (Wildman–Crippen MR) is 85.1 cm³/mol. The van der Waals surface area contributed by atoms with E-state index in [4.69, 9.17) is 4.74 Å². The van der Waals surface area contributed by atoms with E-state index in [1.807, 2.05) is 6.26 Å². The Labute approximate surface area is 133 Å². The average molecular weight is 330 g/mol. The molecule has 0 fully saturated rings. The van der Waals surface area contributed by atoms with Crippen LogP contribution in [0, 0.1) is 10.1 Å². The second-order valence-electron chi connectivity index (χ2n) is 4.48. The molecule has 3 rings (SSSR count). The third kappa shape index (κ3) is 3.14. The molecule has 2 heterocycles. The van der Waals surface area contributed by atoms with Gasteiger partial charge in [-0.05, 0) is 24.5 Å². The molecule has 0 aliphatic rings. The molecule has 116 valence electrons. The van der Waals surface area contributed by atoms with Crippen LogP contribution in [0.1, 0.15) is 0 Å². The molecule has 2 aromatic heterocycles. The number of aromatic amines is 1. The number of H-pyrrole nitrogens is 1. The summed E-state index contributed by atoms with van der Waals surface area (Å²) in [5.74, 6) is 0.383. The molecule has 0 amide bonds. The van der Waals surface area contributed by atoms with Crippen molar-refractivity contribution in [1.29, 1.82) is 0 Å². The van der Waals surface area contributed by atoms with Gasteiger partial charge in [-0.2, -0.15) is 0 Å². The van der Waals surface area contributed by atoms with Gasteiger partial charge in [0.05, 0.1) is 4.92 Å². The summed E-state index contributed by atoms with van der Waals surface area (Å²) in [4.78, 5) is 33.1. The van der Waals surface area contributed by atoms with Gasteiger partial charge in [-0.25, -0.2) is 9.97 Å². The van der Waals surface area contributed by atoms with E-state index in [2.05, 4.69) is 15.0 Å². The number of hydrogen-bond donors (Lipinski definition) is 1. The number of pyridine rings is 1. The van der Waals surface area contributed by atoms with E-state index < -0.39 is 10.5 Å². The fourth-order valence-electron chi connectivity index (χ4n) is 1.89. The highest BCUT2D eigenvalue weighted by atomic mass is 32.2. The molecule has 1 N–H and O–H groups in total. The number of nitrogens with zero attached hydrogens (tertiary/aromatic N) is 3. The maximum atomic E-state index is 12.1. The Morgan fingerprint density at radius 2 is 2.04 bits per heavy atom. The monoisotopic (exact) mass is 330 g/mol. The topological polar surface area (TPSA) is 111 Å². The van der Waals surface area contributed by atoms with Crippen molar-refractivity contribution >= 4 is 28.5 Å². The number of non-ortho nitro benzene ring substituents is 1. The van der Waals surface area contributed by atoms with Crippen molar-refractivity contribution in [3.63, 3.8) is 0 Å². The highest BCUT2D eigenvalue weighted by molar-refractivity contribution is 7.98. The van der Waals surface area contributed by atoms with E-state index in [0.717, 1.165) is 0 Å². The van der Waals surface area contributed by atoms with Crippen molar-refractivity contribution in [2.24, 2.45) is 0 Å². The molecule has 0 bridgehead atoms. The summed E-state index contributed by atoms with van der Waals surface area (Å²) in [6, 6.07) is 6.99. The molecule has 9 heteroatoms. The van der Waals surface area contributed by atoms with Crippen LogP contribution in [-0.2, 0) is 0 Å². The predicted octanol–water partition coefficient (Wildman–Crippen LogP) is 2.74. The fourth-order valence-corrected chi connectivity index (χ4v) is 2.23. The van der Waals surface area contributed by atoms with Crippen LogP contribution in [0.5, 0.6) is 11.5 Å². The second kappa shape index (κ2) is 6.05. The average Bonchev–Trinajstić information content (AvgIpc) is 2.55. The zero-order valence-corrected chi connectivity index (χ0v) is 12.7. The Hall–Kier alpha value is -2.94. The minimum atomic E-state index is -0.507. The third-order valence-corrected chi connectivity index (χ3v) is 3.56. The third-order valence-electron chi connectivity index (χ3n) is 3.00. The first-order valence-corrected chi connectivity index (χ1v) is 7.65. The number of nitro benzene ring substituents is 1. The molecule has 0 unspecified atom stereocenters. The normalized spacial score (nSPS) is 10.7. The van der Waals surface area contributed by atoms with E-state index >= 15 is 0 Å². The van der Waals surface area contributed by atoms with Crippen molar-refractivity contribution in [3.8, 4) is 11.5 Å². The minimum absolute atomic E-state index is 0.0530. The summed E-state index contributed by atoms with van der Waals surface area (Å²) in [6.07, 6.45) is 3.43. The van der Waals surface area contributed by atoms with Gasteiger partial charge in [0.1, 0.15) is 11.4 Å². The summed E-state index contributed by atoms with van der Waals surface area (Å²) in [6.45, 7) is 0. The van der Waals surface area contributed by atoms with Crippen LogP contribution in [0.25, 0.3) is 11.0 Å². The number of hydrogen-bond acceptors (Lipinski definition) is 7. The Morgan fingerprint density at radius 3 is 2.70 bits per heavy atom. The molecule has 0 aliphatic carbocycles. The van der Waals surface area contributed by atoms with Gasteiger partial charge in [0, 0.05) is 23.7 Å². The number of nitrogens with one attached hydrogen (secondary N) is 1. The van der Waals surface area contributed by atoms with Crippen LogP contribution in [0.4, 0.5) is 5.69 Å². The van der Waals surface area contributed by atoms with Gasteiger partial charge >= 0.3 is 0 Å². The molecule has 0 aliphatic heterocycles. The Kier molecular flexibility index (Phi) is 3.94. The highest BCUT2D eigenvalue weighted by Crippen LogP contribution is 2.23. The molecule has 3 aromatic rings. The van der Waals surface area contributed by atoms with E-state index in [0.29, 0.717) is 21.9 Å².